The Bertz CT molecular complexity index is 541. The monoisotopic (exact) mass is 421 g/mol. The highest BCUT2D eigenvalue weighted by atomic mass is 127. The van der Waals surface area contributed by atoms with Crippen molar-refractivity contribution in [2.24, 2.45) is 0 Å². The second kappa shape index (κ2) is 5.97. The Labute approximate surface area is 126 Å². The molecule has 5 heteroatoms. The summed E-state index contributed by atoms with van der Waals surface area (Å²) >= 11 is 7.24. The van der Waals surface area contributed by atoms with E-state index in [0.717, 1.165) is 18.5 Å². The van der Waals surface area contributed by atoms with Crippen LogP contribution in [0.4, 0.5) is 0 Å². The van der Waals surface area contributed by atoms with Crippen molar-refractivity contribution >= 4 is 55.8 Å². The van der Waals surface area contributed by atoms with Crippen LogP contribution in [0, 0.1) is 2.88 Å². The van der Waals surface area contributed by atoms with Crippen LogP contribution in [0.3, 0.4) is 0 Å². The van der Waals surface area contributed by atoms with Crippen LogP contribution in [0.5, 0.6) is 0 Å². The van der Waals surface area contributed by atoms with E-state index in [1.54, 1.807) is 11.3 Å². The lowest BCUT2D eigenvalue weighted by Gasteiger charge is -2.05. The van der Waals surface area contributed by atoms with Gasteiger partial charge in [-0.05, 0) is 40.3 Å². The van der Waals surface area contributed by atoms with Gasteiger partial charge in [0.1, 0.15) is 0 Å². The van der Waals surface area contributed by atoms with Crippen molar-refractivity contribution in [1.82, 2.24) is 5.32 Å². The molecule has 0 aliphatic carbocycles. The van der Waals surface area contributed by atoms with E-state index in [1.165, 1.54) is 0 Å². The normalized spacial score (nSPS) is 10.2. The Hall–Kier alpha value is -0.400. The molecule has 1 aromatic carbocycles. The number of hydrogen-bond donors (Lipinski definition) is 1. The number of hydrogen-bond acceptors (Lipinski definition) is 2. The van der Waals surface area contributed by atoms with Gasteiger partial charge < -0.3 is 5.32 Å². The van der Waals surface area contributed by atoms with Gasteiger partial charge in [-0.25, -0.2) is 0 Å². The van der Waals surface area contributed by atoms with Crippen LogP contribution >= 0.6 is 49.9 Å². The summed E-state index contributed by atoms with van der Waals surface area (Å²) in [6.45, 7) is 0.534. The maximum Gasteiger partial charge on any atom is 0.252 e. The van der Waals surface area contributed by atoms with Gasteiger partial charge in [-0.15, -0.1) is 11.3 Å². The molecular formula is C12H9BrINOS. The number of carbonyl (C=O) groups is 1. The van der Waals surface area contributed by atoms with Gasteiger partial charge >= 0.3 is 0 Å². The molecule has 0 atom stereocenters. The summed E-state index contributed by atoms with van der Waals surface area (Å²) < 4.78 is 2.13. The van der Waals surface area contributed by atoms with Crippen LogP contribution in [-0.4, -0.2) is 5.91 Å². The molecule has 1 heterocycles. The molecule has 0 fully saturated rings. The van der Waals surface area contributed by atoms with E-state index in [9.17, 15) is 4.79 Å². The quantitative estimate of drug-likeness (QED) is 0.744. The first-order valence-electron chi connectivity index (χ1n) is 4.92. The van der Waals surface area contributed by atoms with Gasteiger partial charge in [0.05, 0.1) is 8.45 Å². The summed E-state index contributed by atoms with van der Waals surface area (Å²) in [6, 6.07) is 9.76. The summed E-state index contributed by atoms with van der Waals surface area (Å²) in [4.78, 5) is 11.8. The maximum absolute atomic E-state index is 11.8. The van der Waals surface area contributed by atoms with Crippen molar-refractivity contribution in [3.8, 4) is 0 Å². The van der Waals surface area contributed by atoms with Gasteiger partial charge in [-0.1, -0.05) is 34.1 Å². The van der Waals surface area contributed by atoms with Crippen LogP contribution in [0.1, 0.15) is 15.9 Å². The predicted molar refractivity (Wildman–Crippen MR) is 82.3 cm³/mol. The van der Waals surface area contributed by atoms with Crippen molar-refractivity contribution in [2.45, 2.75) is 6.54 Å². The Morgan fingerprint density at radius 1 is 1.41 bits per heavy atom. The largest absolute Gasteiger partial charge is 0.348 e. The SMILES string of the molecule is O=C(NCc1ccccc1Br)c1csc(I)c1. The number of rotatable bonds is 3. The zero-order chi connectivity index (χ0) is 12.3. The van der Waals surface area contributed by atoms with Crippen molar-refractivity contribution in [2.75, 3.05) is 0 Å². The minimum atomic E-state index is -0.0279. The fourth-order valence-electron chi connectivity index (χ4n) is 1.35. The van der Waals surface area contributed by atoms with E-state index in [4.69, 9.17) is 0 Å². The number of carbonyl (C=O) groups excluding carboxylic acids is 1. The first kappa shape index (κ1) is 13.0. The van der Waals surface area contributed by atoms with E-state index < -0.39 is 0 Å². The van der Waals surface area contributed by atoms with Crippen LogP contribution < -0.4 is 5.32 Å². The van der Waals surface area contributed by atoms with Gasteiger partial charge in [0.15, 0.2) is 0 Å². The molecule has 1 aromatic heterocycles. The average Bonchev–Trinajstić information content (AvgIpc) is 2.74. The number of nitrogens with one attached hydrogen (secondary N) is 1. The minimum absolute atomic E-state index is 0.0279. The van der Waals surface area contributed by atoms with Gasteiger partial charge in [0, 0.05) is 16.4 Å². The highest BCUT2D eigenvalue weighted by molar-refractivity contribution is 14.1. The van der Waals surface area contributed by atoms with E-state index in [0.29, 0.717) is 6.54 Å². The topological polar surface area (TPSA) is 29.1 Å². The molecule has 0 aliphatic heterocycles. The van der Waals surface area contributed by atoms with Gasteiger partial charge in [-0.2, -0.15) is 0 Å². The number of amides is 1. The molecule has 0 aliphatic rings. The Morgan fingerprint density at radius 3 is 2.82 bits per heavy atom. The Kier molecular flexibility index (Phi) is 4.58. The molecule has 1 amide bonds. The molecule has 0 radical (unpaired) electrons. The van der Waals surface area contributed by atoms with Gasteiger partial charge in [0.25, 0.3) is 5.91 Å². The first-order valence-corrected chi connectivity index (χ1v) is 7.67. The van der Waals surface area contributed by atoms with Crippen LogP contribution in [0.25, 0.3) is 0 Å². The number of halogens is 2. The summed E-state index contributed by atoms with van der Waals surface area (Å²) in [6.07, 6.45) is 0. The Morgan fingerprint density at radius 2 is 2.18 bits per heavy atom. The summed E-state index contributed by atoms with van der Waals surface area (Å²) in [7, 11) is 0. The van der Waals surface area contributed by atoms with Crippen LogP contribution in [0.2, 0.25) is 0 Å². The molecule has 2 rings (SSSR count). The molecule has 17 heavy (non-hydrogen) atoms. The van der Waals surface area contributed by atoms with E-state index in [-0.39, 0.29) is 5.91 Å². The van der Waals surface area contributed by atoms with Crippen molar-refractivity contribution in [3.63, 3.8) is 0 Å². The molecule has 0 unspecified atom stereocenters. The second-order valence-corrected chi connectivity index (χ2v) is 7.07. The Balaban J connectivity index is 1.99. The third-order valence-electron chi connectivity index (χ3n) is 2.23. The second-order valence-electron chi connectivity index (χ2n) is 3.41. The predicted octanol–water partition coefficient (Wildman–Crippen LogP) is 4.05. The zero-order valence-corrected chi connectivity index (χ0v) is 13.3. The third kappa shape index (κ3) is 3.53. The highest BCUT2D eigenvalue weighted by Crippen LogP contribution is 2.18. The third-order valence-corrected chi connectivity index (χ3v) is 4.79. The molecule has 1 N–H and O–H groups in total. The van der Waals surface area contributed by atoms with Gasteiger partial charge in [-0.3, -0.25) is 4.79 Å². The smallest absolute Gasteiger partial charge is 0.252 e. The van der Waals surface area contributed by atoms with Gasteiger partial charge in [0.2, 0.25) is 0 Å². The maximum atomic E-state index is 11.8. The lowest BCUT2D eigenvalue weighted by molar-refractivity contribution is 0.0951. The summed E-state index contributed by atoms with van der Waals surface area (Å²) in [5, 5.41) is 4.78. The summed E-state index contributed by atoms with van der Waals surface area (Å²) in [5.74, 6) is -0.0279. The van der Waals surface area contributed by atoms with E-state index in [1.807, 2.05) is 35.7 Å². The molecule has 0 spiro atoms. The lowest BCUT2D eigenvalue weighted by Crippen LogP contribution is -2.22. The molecule has 2 nitrogen and oxygen atoms in total. The molecular weight excluding hydrogens is 413 g/mol. The minimum Gasteiger partial charge on any atom is -0.348 e. The molecule has 0 saturated carbocycles. The van der Waals surface area contributed by atoms with Crippen molar-refractivity contribution in [1.29, 1.82) is 0 Å². The van der Waals surface area contributed by atoms with E-state index in [2.05, 4.69) is 43.8 Å². The first-order chi connectivity index (χ1) is 8.16. The summed E-state index contributed by atoms with van der Waals surface area (Å²) in [5.41, 5.74) is 1.80. The standard InChI is InChI=1S/C12H9BrINOS/c13-10-4-2-1-3-8(10)6-15-12(16)9-5-11(14)17-7-9/h1-5,7H,6H2,(H,15,16). The molecule has 2 aromatic rings. The molecule has 0 saturated heterocycles. The zero-order valence-electron chi connectivity index (χ0n) is 8.74. The molecule has 0 bridgehead atoms. The van der Waals surface area contributed by atoms with Crippen LogP contribution in [0.15, 0.2) is 40.2 Å². The highest BCUT2D eigenvalue weighted by Gasteiger charge is 2.08. The lowest BCUT2D eigenvalue weighted by atomic mass is 10.2. The number of benzene rings is 1. The van der Waals surface area contributed by atoms with Crippen LogP contribution in [-0.2, 0) is 6.54 Å². The van der Waals surface area contributed by atoms with E-state index >= 15 is 0 Å². The van der Waals surface area contributed by atoms with Crippen molar-refractivity contribution in [3.05, 3.63) is 54.2 Å². The van der Waals surface area contributed by atoms with Crippen molar-refractivity contribution < 1.29 is 4.79 Å². The fourth-order valence-corrected chi connectivity index (χ4v) is 3.10. The molecule has 88 valence electrons. The number of thiophene rings is 1. The fraction of sp³-hybridized carbons (Fsp3) is 0.0833. The average molecular weight is 422 g/mol.